The Kier molecular flexibility index (Phi) is 7.52. The van der Waals surface area contributed by atoms with Crippen molar-refractivity contribution in [3.63, 3.8) is 0 Å². The monoisotopic (exact) mass is 606 g/mol. The molecule has 40 heavy (non-hydrogen) atoms. The molecule has 0 bridgehead atoms. The maximum Gasteiger partial charge on any atom is 0.434 e. The number of hydrogen-bond acceptors (Lipinski definition) is 6. The number of esters is 1. The molecule has 5 rings (SSSR count). The Hall–Kier alpha value is -3.60. The number of alkyl halides is 3. The average Bonchev–Trinajstić information content (AvgIpc) is 3.49. The molecule has 206 valence electrons. The molecule has 2 aromatic heterocycles. The molecule has 0 radical (unpaired) electrons. The second-order valence-electron chi connectivity index (χ2n) is 8.78. The number of ether oxygens (including phenoxy) is 1. The van der Waals surface area contributed by atoms with Crippen LogP contribution in [0.2, 0.25) is 10.0 Å². The summed E-state index contributed by atoms with van der Waals surface area (Å²) in [6.07, 6.45) is -3.57. The van der Waals surface area contributed by atoms with Crippen LogP contribution in [0.4, 0.5) is 13.2 Å². The van der Waals surface area contributed by atoms with Crippen LogP contribution in [0.25, 0.3) is 17.4 Å². The van der Waals surface area contributed by atoms with Gasteiger partial charge < -0.3 is 9.15 Å². The van der Waals surface area contributed by atoms with Gasteiger partial charge in [0.2, 0.25) is 0 Å². The lowest BCUT2D eigenvalue weighted by atomic mass is 9.95. The predicted molar refractivity (Wildman–Crippen MR) is 146 cm³/mol. The van der Waals surface area contributed by atoms with Crippen LogP contribution in [0.1, 0.15) is 29.9 Å². The number of fused-ring (bicyclic) bond motifs is 1. The van der Waals surface area contributed by atoms with Crippen molar-refractivity contribution in [3.8, 4) is 11.3 Å². The highest BCUT2D eigenvalue weighted by Gasteiger charge is 2.45. The van der Waals surface area contributed by atoms with Crippen LogP contribution < -0.4 is 14.9 Å². The Morgan fingerprint density at radius 3 is 2.50 bits per heavy atom. The number of thiazole rings is 1. The zero-order valence-electron chi connectivity index (χ0n) is 20.9. The standard InChI is InChI=1S/C28H19Cl2F3N2O4S/c1-3-38-26(37)22-23(15-5-8-16(29)9-6-15)35-25(36)21(40-27(35)34-24(22)28(31,32)33)13-18-10-11-20(39-18)19-12-17(30)7-4-14(19)2/h4-13,23H,3H2,1-2H3/b21-13-/t23-/m0/s1. The van der Waals surface area contributed by atoms with Crippen LogP contribution in [-0.4, -0.2) is 23.3 Å². The molecule has 1 aliphatic rings. The fourth-order valence-electron chi connectivity index (χ4n) is 4.36. The molecule has 2 aromatic carbocycles. The fraction of sp³-hybridized carbons (Fsp3) is 0.179. The lowest BCUT2D eigenvalue weighted by Gasteiger charge is -2.26. The van der Waals surface area contributed by atoms with Gasteiger partial charge in [-0.2, -0.15) is 13.2 Å². The number of aryl methyl sites for hydroxylation is 1. The summed E-state index contributed by atoms with van der Waals surface area (Å²) < 4.78 is 54.7. The number of furan rings is 1. The van der Waals surface area contributed by atoms with Gasteiger partial charge in [0.15, 0.2) is 10.5 Å². The van der Waals surface area contributed by atoms with E-state index in [-0.39, 0.29) is 21.5 Å². The van der Waals surface area contributed by atoms with Crippen molar-refractivity contribution < 1.29 is 27.1 Å². The summed E-state index contributed by atoms with van der Waals surface area (Å²) in [4.78, 5) is 30.1. The molecule has 0 fully saturated rings. The van der Waals surface area contributed by atoms with Crippen LogP contribution in [0.5, 0.6) is 0 Å². The van der Waals surface area contributed by atoms with Crippen LogP contribution in [0.3, 0.4) is 0 Å². The lowest BCUT2D eigenvalue weighted by Crippen LogP contribution is -2.41. The third-order valence-electron chi connectivity index (χ3n) is 6.15. The molecule has 0 saturated carbocycles. The fourth-order valence-corrected chi connectivity index (χ4v) is 5.64. The Morgan fingerprint density at radius 1 is 1.12 bits per heavy atom. The van der Waals surface area contributed by atoms with Gasteiger partial charge in [0, 0.05) is 21.7 Å². The third-order valence-corrected chi connectivity index (χ3v) is 7.62. The van der Waals surface area contributed by atoms with E-state index in [1.165, 1.54) is 37.3 Å². The van der Waals surface area contributed by atoms with Crippen molar-refractivity contribution in [2.24, 2.45) is 4.99 Å². The maximum atomic E-state index is 14.2. The van der Waals surface area contributed by atoms with Gasteiger partial charge in [0.05, 0.1) is 22.8 Å². The van der Waals surface area contributed by atoms with Crippen LogP contribution in [0.15, 0.2) is 80.1 Å². The average molecular weight is 607 g/mol. The summed E-state index contributed by atoms with van der Waals surface area (Å²) >= 11 is 12.9. The molecular formula is C28H19Cl2F3N2O4S. The molecule has 0 spiro atoms. The van der Waals surface area contributed by atoms with Gasteiger partial charge in [-0.3, -0.25) is 9.36 Å². The number of rotatable bonds is 5. The minimum absolute atomic E-state index is 0.0630. The highest BCUT2D eigenvalue weighted by atomic mass is 35.5. The van der Waals surface area contributed by atoms with Gasteiger partial charge in [-0.15, -0.1) is 0 Å². The molecule has 1 aliphatic heterocycles. The van der Waals surface area contributed by atoms with Crippen molar-refractivity contribution in [3.05, 3.63) is 112 Å². The van der Waals surface area contributed by atoms with E-state index in [9.17, 15) is 22.8 Å². The maximum absolute atomic E-state index is 14.2. The zero-order valence-corrected chi connectivity index (χ0v) is 23.2. The predicted octanol–water partition coefficient (Wildman–Crippen LogP) is 6.22. The van der Waals surface area contributed by atoms with E-state index in [1.807, 2.05) is 13.0 Å². The Morgan fingerprint density at radius 2 is 1.82 bits per heavy atom. The molecule has 0 N–H and O–H groups in total. The lowest BCUT2D eigenvalue weighted by molar-refractivity contribution is -0.140. The molecule has 1 atom stereocenters. The molecule has 0 amide bonds. The number of nitrogens with zero attached hydrogens (tertiary/aromatic N) is 2. The molecule has 4 aromatic rings. The number of carbonyl (C=O) groups excluding carboxylic acids is 1. The normalized spacial score (nSPS) is 15.7. The molecule has 12 heteroatoms. The number of halogens is 5. The smallest absolute Gasteiger partial charge is 0.434 e. The van der Waals surface area contributed by atoms with E-state index < -0.39 is 35.0 Å². The van der Waals surface area contributed by atoms with E-state index >= 15 is 0 Å². The highest BCUT2D eigenvalue weighted by Crippen LogP contribution is 2.38. The van der Waals surface area contributed by atoms with Crippen molar-refractivity contribution >= 4 is 46.6 Å². The van der Waals surface area contributed by atoms with Crippen molar-refractivity contribution in [2.75, 3.05) is 6.61 Å². The quantitative estimate of drug-likeness (QED) is 0.253. The SMILES string of the molecule is CCOC(=O)C1=C(C(F)(F)F)N=c2s/c(=C\c3ccc(-c4cc(Cl)ccc4C)o3)c(=O)n2[C@H]1c1ccc(Cl)cc1. The highest BCUT2D eigenvalue weighted by molar-refractivity contribution is 7.07. The zero-order chi connectivity index (χ0) is 28.8. The topological polar surface area (TPSA) is 73.8 Å². The van der Waals surface area contributed by atoms with E-state index in [4.69, 9.17) is 32.4 Å². The molecular weight excluding hydrogens is 588 g/mol. The second-order valence-corrected chi connectivity index (χ2v) is 10.7. The molecule has 0 unspecified atom stereocenters. The summed E-state index contributed by atoms with van der Waals surface area (Å²) in [5, 5.41) is 0.851. The third kappa shape index (κ3) is 5.26. The summed E-state index contributed by atoms with van der Waals surface area (Å²) in [5.74, 6) is -0.425. The molecule has 3 heterocycles. The molecule has 0 saturated heterocycles. The van der Waals surface area contributed by atoms with Gasteiger partial charge in [-0.1, -0.05) is 52.7 Å². The number of carbonyl (C=O) groups is 1. The van der Waals surface area contributed by atoms with Gasteiger partial charge >= 0.3 is 12.1 Å². The first-order chi connectivity index (χ1) is 19.0. The van der Waals surface area contributed by atoms with Crippen LogP contribution in [-0.2, 0) is 9.53 Å². The number of aromatic nitrogens is 1. The summed E-state index contributed by atoms with van der Waals surface area (Å²) in [7, 11) is 0. The molecule has 0 aliphatic carbocycles. The van der Waals surface area contributed by atoms with Crippen LogP contribution >= 0.6 is 34.5 Å². The minimum atomic E-state index is -4.99. The number of hydrogen-bond donors (Lipinski definition) is 0. The Labute approximate surface area is 239 Å². The van der Waals surface area contributed by atoms with E-state index in [2.05, 4.69) is 4.99 Å². The van der Waals surface area contributed by atoms with Crippen molar-refractivity contribution in [1.82, 2.24) is 4.57 Å². The summed E-state index contributed by atoms with van der Waals surface area (Å²) in [6, 6.07) is 13.1. The first-order valence-electron chi connectivity index (χ1n) is 11.9. The minimum Gasteiger partial charge on any atom is -0.463 e. The first kappa shape index (κ1) is 27.9. The van der Waals surface area contributed by atoms with Gasteiger partial charge in [0.1, 0.15) is 11.5 Å². The summed E-state index contributed by atoms with van der Waals surface area (Å²) in [5.41, 5.74) is -0.955. The summed E-state index contributed by atoms with van der Waals surface area (Å²) in [6.45, 7) is 3.20. The largest absolute Gasteiger partial charge is 0.463 e. The van der Waals surface area contributed by atoms with Crippen molar-refractivity contribution in [1.29, 1.82) is 0 Å². The van der Waals surface area contributed by atoms with Crippen LogP contribution in [0, 0.1) is 6.92 Å². The number of allylic oxidation sites excluding steroid dienone is 1. The Bertz CT molecular complexity index is 1840. The Balaban J connectivity index is 1.71. The first-order valence-corrected chi connectivity index (χ1v) is 13.5. The van der Waals surface area contributed by atoms with E-state index in [1.54, 1.807) is 24.3 Å². The van der Waals surface area contributed by atoms with E-state index in [0.29, 0.717) is 21.6 Å². The van der Waals surface area contributed by atoms with E-state index in [0.717, 1.165) is 27.0 Å². The van der Waals surface area contributed by atoms with Gasteiger partial charge in [-0.05, 0) is 61.4 Å². The van der Waals surface area contributed by atoms with Gasteiger partial charge in [0.25, 0.3) is 5.56 Å². The van der Waals surface area contributed by atoms with Gasteiger partial charge in [-0.25, -0.2) is 9.79 Å². The van der Waals surface area contributed by atoms with Crippen molar-refractivity contribution in [2.45, 2.75) is 26.1 Å². The number of benzene rings is 2. The second kappa shape index (κ2) is 10.8. The molecule has 6 nitrogen and oxygen atoms in total.